The minimum atomic E-state index is -0.786. The smallest absolute Gasteiger partial charge is 0.319 e. The maximum Gasteiger partial charge on any atom is 0.319 e. The highest BCUT2D eigenvalue weighted by Gasteiger charge is 2.28. The standard InChI is InChI=1S/C12H19N3O3/c1-14(7-2-6-13)12(18)15-8-5-10(9-15)3-4-11(16)17/h10H,2-5,7-9H2,1H3,(H,16,17). The van der Waals surface area contributed by atoms with Crippen LogP contribution in [0.3, 0.4) is 0 Å². The van der Waals surface area contributed by atoms with Crippen molar-refractivity contribution in [2.75, 3.05) is 26.7 Å². The average Bonchev–Trinajstić information content (AvgIpc) is 2.81. The largest absolute Gasteiger partial charge is 0.481 e. The van der Waals surface area contributed by atoms with E-state index in [9.17, 15) is 9.59 Å². The lowest BCUT2D eigenvalue weighted by Gasteiger charge is -2.23. The summed E-state index contributed by atoms with van der Waals surface area (Å²) in [6.45, 7) is 1.74. The van der Waals surface area contributed by atoms with Crippen LogP contribution in [0, 0.1) is 17.2 Å². The fraction of sp³-hybridized carbons (Fsp3) is 0.750. The lowest BCUT2D eigenvalue weighted by molar-refractivity contribution is -0.137. The Kier molecular flexibility index (Phi) is 5.43. The van der Waals surface area contributed by atoms with Crippen LogP contribution < -0.4 is 0 Å². The van der Waals surface area contributed by atoms with Gasteiger partial charge in [-0.15, -0.1) is 0 Å². The molecule has 0 aromatic heterocycles. The Labute approximate surface area is 107 Å². The van der Waals surface area contributed by atoms with Crippen molar-refractivity contribution in [2.24, 2.45) is 5.92 Å². The van der Waals surface area contributed by atoms with Crippen molar-refractivity contribution in [3.63, 3.8) is 0 Å². The van der Waals surface area contributed by atoms with Crippen LogP contribution in [0.2, 0.25) is 0 Å². The third-order valence-corrected chi connectivity index (χ3v) is 3.21. The molecule has 1 unspecified atom stereocenters. The molecule has 1 aliphatic heterocycles. The van der Waals surface area contributed by atoms with Crippen LogP contribution in [-0.2, 0) is 4.79 Å². The second-order valence-electron chi connectivity index (χ2n) is 4.65. The van der Waals surface area contributed by atoms with E-state index in [0.717, 1.165) is 6.42 Å². The molecule has 0 bridgehead atoms. The summed E-state index contributed by atoms with van der Waals surface area (Å²) in [5.41, 5.74) is 0. The van der Waals surface area contributed by atoms with E-state index in [-0.39, 0.29) is 18.4 Å². The van der Waals surface area contributed by atoms with Gasteiger partial charge < -0.3 is 14.9 Å². The van der Waals surface area contributed by atoms with E-state index in [1.54, 1.807) is 16.8 Å². The molecule has 1 saturated heterocycles. The molecule has 1 rings (SSSR count). The van der Waals surface area contributed by atoms with Gasteiger partial charge in [-0.25, -0.2) is 4.79 Å². The number of nitrogens with zero attached hydrogens (tertiary/aromatic N) is 3. The Balaban J connectivity index is 2.34. The van der Waals surface area contributed by atoms with Crippen LogP contribution in [0.15, 0.2) is 0 Å². The molecule has 0 aliphatic carbocycles. The van der Waals surface area contributed by atoms with E-state index in [4.69, 9.17) is 10.4 Å². The predicted octanol–water partition coefficient (Wildman–Crippen LogP) is 1.14. The summed E-state index contributed by atoms with van der Waals surface area (Å²) in [6.07, 6.45) is 1.99. The van der Waals surface area contributed by atoms with Crippen LogP contribution in [0.25, 0.3) is 0 Å². The minimum Gasteiger partial charge on any atom is -0.481 e. The Bertz CT molecular complexity index is 351. The summed E-state index contributed by atoms with van der Waals surface area (Å²) in [4.78, 5) is 25.7. The van der Waals surface area contributed by atoms with Crippen molar-refractivity contribution in [1.82, 2.24) is 9.80 Å². The first-order valence-electron chi connectivity index (χ1n) is 6.13. The number of amides is 2. The SMILES string of the molecule is CN(CCC#N)C(=O)N1CCC(CCC(=O)O)C1. The zero-order valence-corrected chi connectivity index (χ0v) is 10.6. The van der Waals surface area contributed by atoms with E-state index < -0.39 is 5.97 Å². The highest BCUT2D eigenvalue weighted by molar-refractivity contribution is 5.74. The molecule has 6 nitrogen and oxygen atoms in total. The molecule has 18 heavy (non-hydrogen) atoms. The van der Waals surface area contributed by atoms with E-state index in [1.165, 1.54) is 0 Å². The van der Waals surface area contributed by atoms with Crippen molar-refractivity contribution in [2.45, 2.75) is 25.7 Å². The highest BCUT2D eigenvalue weighted by atomic mass is 16.4. The molecule has 0 aromatic carbocycles. The lowest BCUT2D eigenvalue weighted by atomic mass is 10.0. The maximum atomic E-state index is 12.0. The topological polar surface area (TPSA) is 84.6 Å². The van der Waals surface area contributed by atoms with Gasteiger partial charge in [0.2, 0.25) is 0 Å². The molecule has 0 radical (unpaired) electrons. The van der Waals surface area contributed by atoms with Gasteiger partial charge >= 0.3 is 12.0 Å². The zero-order chi connectivity index (χ0) is 13.5. The van der Waals surface area contributed by atoms with E-state index in [0.29, 0.717) is 32.5 Å². The van der Waals surface area contributed by atoms with Gasteiger partial charge in [-0.3, -0.25) is 4.79 Å². The van der Waals surface area contributed by atoms with Gasteiger partial charge in [-0.05, 0) is 18.8 Å². The van der Waals surface area contributed by atoms with Crippen LogP contribution in [0.4, 0.5) is 4.79 Å². The Morgan fingerprint density at radius 1 is 1.56 bits per heavy atom. The molecule has 2 amide bonds. The molecule has 1 N–H and O–H groups in total. The maximum absolute atomic E-state index is 12.0. The molecule has 1 aliphatic rings. The van der Waals surface area contributed by atoms with Crippen molar-refractivity contribution in [1.29, 1.82) is 5.26 Å². The fourth-order valence-electron chi connectivity index (χ4n) is 2.12. The predicted molar refractivity (Wildman–Crippen MR) is 64.8 cm³/mol. The quantitative estimate of drug-likeness (QED) is 0.796. The number of nitriles is 1. The summed E-state index contributed by atoms with van der Waals surface area (Å²) < 4.78 is 0. The average molecular weight is 253 g/mol. The number of aliphatic carboxylic acids is 1. The zero-order valence-electron chi connectivity index (χ0n) is 10.6. The molecule has 1 fully saturated rings. The van der Waals surface area contributed by atoms with Gasteiger partial charge in [0.05, 0.1) is 12.5 Å². The molecule has 100 valence electrons. The van der Waals surface area contributed by atoms with Gasteiger partial charge in [0.15, 0.2) is 0 Å². The van der Waals surface area contributed by atoms with Crippen LogP contribution >= 0.6 is 0 Å². The van der Waals surface area contributed by atoms with Crippen LogP contribution in [-0.4, -0.2) is 53.6 Å². The summed E-state index contributed by atoms with van der Waals surface area (Å²) in [5.74, 6) is -0.500. The summed E-state index contributed by atoms with van der Waals surface area (Å²) >= 11 is 0. The Morgan fingerprint density at radius 3 is 2.89 bits per heavy atom. The van der Waals surface area contributed by atoms with Crippen molar-refractivity contribution < 1.29 is 14.7 Å². The second-order valence-corrected chi connectivity index (χ2v) is 4.65. The molecule has 0 spiro atoms. The van der Waals surface area contributed by atoms with Crippen molar-refractivity contribution in [3.8, 4) is 6.07 Å². The lowest BCUT2D eigenvalue weighted by Crippen LogP contribution is -2.40. The number of urea groups is 1. The van der Waals surface area contributed by atoms with Gasteiger partial charge in [-0.1, -0.05) is 0 Å². The van der Waals surface area contributed by atoms with E-state index in [1.807, 2.05) is 6.07 Å². The fourth-order valence-corrected chi connectivity index (χ4v) is 2.12. The molecule has 0 saturated carbocycles. The number of rotatable bonds is 5. The number of carbonyl (C=O) groups is 2. The van der Waals surface area contributed by atoms with Crippen LogP contribution in [0.5, 0.6) is 0 Å². The monoisotopic (exact) mass is 253 g/mol. The molecule has 0 aromatic rings. The van der Waals surface area contributed by atoms with Gasteiger partial charge in [0, 0.05) is 33.1 Å². The third kappa shape index (κ3) is 4.24. The number of likely N-dealkylation sites (tertiary alicyclic amines) is 1. The number of hydrogen-bond acceptors (Lipinski definition) is 3. The number of carboxylic acids is 1. The molecule has 1 atom stereocenters. The number of carbonyl (C=O) groups excluding carboxylic acids is 1. The number of carboxylic acid groups (broad SMARTS) is 1. The van der Waals surface area contributed by atoms with Crippen molar-refractivity contribution in [3.05, 3.63) is 0 Å². The van der Waals surface area contributed by atoms with Gasteiger partial charge in [0.1, 0.15) is 0 Å². The van der Waals surface area contributed by atoms with E-state index in [2.05, 4.69) is 0 Å². The molecular weight excluding hydrogens is 234 g/mol. The highest BCUT2D eigenvalue weighted by Crippen LogP contribution is 2.21. The molecule has 6 heteroatoms. The first-order valence-corrected chi connectivity index (χ1v) is 6.13. The third-order valence-electron chi connectivity index (χ3n) is 3.21. The summed E-state index contributed by atoms with van der Waals surface area (Å²) in [7, 11) is 1.68. The Hall–Kier alpha value is -1.77. The Morgan fingerprint density at radius 2 is 2.28 bits per heavy atom. The first-order chi connectivity index (χ1) is 8.54. The second kappa shape index (κ2) is 6.84. The summed E-state index contributed by atoms with van der Waals surface area (Å²) in [5, 5.41) is 17.1. The van der Waals surface area contributed by atoms with Crippen LogP contribution in [0.1, 0.15) is 25.7 Å². The summed E-state index contributed by atoms with van der Waals surface area (Å²) in [6, 6.07) is 1.94. The minimum absolute atomic E-state index is 0.0666. The van der Waals surface area contributed by atoms with Crippen molar-refractivity contribution >= 4 is 12.0 Å². The number of hydrogen-bond donors (Lipinski definition) is 1. The normalized spacial score (nSPS) is 18.4. The molecule has 1 heterocycles. The molecular formula is C12H19N3O3. The van der Waals surface area contributed by atoms with Gasteiger partial charge in [0.25, 0.3) is 0 Å². The van der Waals surface area contributed by atoms with E-state index >= 15 is 0 Å². The first kappa shape index (κ1) is 14.3. The van der Waals surface area contributed by atoms with Gasteiger partial charge in [-0.2, -0.15) is 5.26 Å².